The van der Waals surface area contributed by atoms with Gasteiger partial charge in [0.1, 0.15) is 11.5 Å². The summed E-state index contributed by atoms with van der Waals surface area (Å²) in [4.78, 5) is 34.2. The summed E-state index contributed by atoms with van der Waals surface area (Å²) in [6.45, 7) is 1.06. The Bertz CT molecular complexity index is 1470. The lowest BCUT2D eigenvalue weighted by molar-refractivity contribution is -0.136. The third-order valence-electron chi connectivity index (χ3n) is 6.96. The van der Waals surface area contributed by atoms with Gasteiger partial charge in [-0.3, -0.25) is 9.59 Å². The van der Waals surface area contributed by atoms with E-state index in [1.165, 1.54) is 4.90 Å². The fraction of sp³-hybridized carbons (Fsp3) is 0.290. The number of allylic oxidation sites excluding steroid dienone is 6. The molecule has 3 aliphatic rings. The fourth-order valence-electron chi connectivity index (χ4n) is 5.00. The standard InChI is InChI=1S/C31H32N4O6S/c36-17-19-40-18-16-34-25(30(39)35(31(34)42)27-10-3-4-14-32-27)21-23-7-5-6-22(20-23)11-12-28-33(15-13-29(37)38)24-8-1-2-9-26(24)41-28/h1-4,8-12,14,20-21,36H,5-7,13,15-19H2,(H,37,38). The maximum absolute atomic E-state index is 13.6. The molecule has 0 atom stereocenters. The van der Waals surface area contributed by atoms with E-state index in [-0.39, 0.29) is 25.5 Å². The van der Waals surface area contributed by atoms with E-state index in [2.05, 4.69) is 11.1 Å². The van der Waals surface area contributed by atoms with Gasteiger partial charge in [-0.1, -0.05) is 30.4 Å². The van der Waals surface area contributed by atoms with Gasteiger partial charge in [-0.2, -0.15) is 0 Å². The van der Waals surface area contributed by atoms with E-state index in [9.17, 15) is 14.7 Å². The molecule has 0 radical (unpaired) electrons. The second-order valence-corrected chi connectivity index (χ2v) is 10.2. The van der Waals surface area contributed by atoms with Gasteiger partial charge in [0.2, 0.25) is 5.88 Å². The molecular weight excluding hydrogens is 556 g/mol. The molecule has 1 aliphatic carbocycles. The predicted octanol–water partition coefficient (Wildman–Crippen LogP) is 4.16. The van der Waals surface area contributed by atoms with Crippen LogP contribution < -0.4 is 14.5 Å². The SMILES string of the molecule is O=C(O)CCN1C(=CC=C2C=C(C=C3C(=O)N(c4ccccn4)C(=S)N3CCOCCO)CCC2)Oc2ccccc21. The quantitative estimate of drug-likeness (QED) is 0.225. The molecule has 1 aromatic carbocycles. The summed E-state index contributed by atoms with van der Waals surface area (Å²) in [6.07, 6.45) is 11.9. The van der Waals surface area contributed by atoms with Crippen LogP contribution in [0.3, 0.4) is 0 Å². The lowest BCUT2D eigenvalue weighted by Crippen LogP contribution is -2.34. The maximum Gasteiger partial charge on any atom is 0.305 e. The van der Waals surface area contributed by atoms with Crippen molar-refractivity contribution in [3.63, 3.8) is 0 Å². The van der Waals surface area contributed by atoms with Crippen LogP contribution in [-0.2, 0) is 14.3 Å². The van der Waals surface area contributed by atoms with Crippen LogP contribution in [0.5, 0.6) is 5.75 Å². The average molecular weight is 589 g/mol. The number of rotatable bonds is 11. The number of carbonyl (C=O) groups is 2. The number of ether oxygens (including phenoxy) is 2. The number of thiocarbonyl (C=S) groups is 1. The monoisotopic (exact) mass is 588 g/mol. The normalized spacial score (nSPS) is 19.6. The molecule has 2 aromatic rings. The summed E-state index contributed by atoms with van der Waals surface area (Å²) in [7, 11) is 0. The molecule has 1 aromatic heterocycles. The first-order valence-electron chi connectivity index (χ1n) is 13.8. The van der Waals surface area contributed by atoms with E-state index in [1.807, 2.05) is 47.4 Å². The molecule has 3 heterocycles. The van der Waals surface area contributed by atoms with Gasteiger partial charge >= 0.3 is 5.97 Å². The Hall–Kier alpha value is -4.32. The number of aromatic nitrogens is 1. The Morgan fingerprint density at radius 3 is 2.69 bits per heavy atom. The van der Waals surface area contributed by atoms with Crippen LogP contribution in [-0.4, -0.2) is 70.0 Å². The molecule has 0 bridgehead atoms. The lowest BCUT2D eigenvalue weighted by Gasteiger charge is -2.20. The first-order valence-corrected chi connectivity index (χ1v) is 14.2. The van der Waals surface area contributed by atoms with Gasteiger partial charge < -0.3 is 29.5 Å². The first-order chi connectivity index (χ1) is 20.5. The average Bonchev–Trinajstić information content (AvgIpc) is 3.47. The van der Waals surface area contributed by atoms with E-state index in [0.29, 0.717) is 48.0 Å². The van der Waals surface area contributed by atoms with Gasteiger partial charge in [-0.05, 0) is 79.0 Å². The van der Waals surface area contributed by atoms with Crippen LogP contribution in [0, 0.1) is 0 Å². The number of pyridine rings is 1. The molecule has 10 nitrogen and oxygen atoms in total. The van der Waals surface area contributed by atoms with Crippen molar-refractivity contribution in [3.8, 4) is 5.75 Å². The molecule has 2 aliphatic heterocycles. The Labute approximate surface area is 249 Å². The number of carboxylic acid groups (broad SMARTS) is 1. The minimum atomic E-state index is -0.874. The van der Waals surface area contributed by atoms with Crippen LogP contribution in [0.25, 0.3) is 0 Å². The minimum Gasteiger partial charge on any atom is -0.481 e. The minimum absolute atomic E-state index is 0.0177. The number of carbonyl (C=O) groups excluding carboxylic acids is 1. The van der Waals surface area contributed by atoms with E-state index in [1.54, 1.807) is 29.3 Å². The smallest absolute Gasteiger partial charge is 0.305 e. The van der Waals surface area contributed by atoms with E-state index >= 15 is 0 Å². The summed E-state index contributed by atoms with van der Waals surface area (Å²) in [5.74, 6) is 0.577. The van der Waals surface area contributed by atoms with Gasteiger partial charge in [0.25, 0.3) is 5.91 Å². The number of aliphatic hydroxyl groups excluding tert-OH is 1. The second-order valence-electron chi connectivity index (χ2n) is 9.81. The van der Waals surface area contributed by atoms with Crippen molar-refractivity contribution < 1.29 is 29.3 Å². The van der Waals surface area contributed by atoms with Crippen molar-refractivity contribution in [2.75, 3.05) is 42.7 Å². The van der Waals surface area contributed by atoms with E-state index < -0.39 is 5.97 Å². The molecule has 0 saturated carbocycles. The van der Waals surface area contributed by atoms with Crippen molar-refractivity contribution in [1.29, 1.82) is 0 Å². The molecule has 218 valence electrons. The number of amides is 1. The zero-order valence-corrected chi connectivity index (χ0v) is 23.8. The topological polar surface area (TPSA) is 116 Å². The summed E-state index contributed by atoms with van der Waals surface area (Å²) < 4.78 is 11.5. The van der Waals surface area contributed by atoms with Gasteiger partial charge in [-0.15, -0.1) is 0 Å². The Kier molecular flexibility index (Phi) is 9.42. The Morgan fingerprint density at radius 2 is 1.90 bits per heavy atom. The fourth-order valence-corrected chi connectivity index (χ4v) is 5.37. The van der Waals surface area contributed by atoms with Crippen molar-refractivity contribution >= 4 is 40.7 Å². The molecule has 1 fully saturated rings. The Balaban J connectivity index is 1.40. The summed E-state index contributed by atoms with van der Waals surface area (Å²) in [5, 5.41) is 18.6. The molecule has 42 heavy (non-hydrogen) atoms. The number of aliphatic hydroxyl groups is 1. The number of hydrogen-bond acceptors (Lipinski definition) is 8. The summed E-state index contributed by atoms with van der Waals surface area (Å²) >= 11 is 5.70. The second kappa shape index (κ2) is 13.6. The molecule has 2 N–H and O–H groups in total. The Morgan fingerprint density at radius 1 is 1.07 bits per heavy atom. The number of carboxylic acids is 1. The number of para-hydroxylation sites is 2. The lowest BCUT2D eigenvalue weighted by atomic mass is 9.94. The number of fused-ring (bicyclic) bond motifs is 1. The van der Waals surface area contributed by atoms with Crippen LogP contribution in [0.2, 0.25) is 0 Å². The van der Waals surface area contributed by atoms with Gasteiger partial charge in [0.05, 0.1) is 31.9 Å². The van der Waals surface area contributed by atoms with Gasteiger partial charge in [0, 0.05) is 19.3 Å². The van der Waals surface area contributed by atoms with Gasteiger partial charge in [-0.25, -0.2) is 9.88 Å². The van der Waals surface area contributed by atoms with E-state index in [0.717, 1.165) is 36.1 Å². The zero-order chi connectivity index (χ0) is 29.5. The molecule has 0 spiro atoms. The highest BCUT2D eigenvalue weighted by Crippen LogP contribution is 2.39. The van der Waals surface area contributed by atoms with Crippen LogP contribution >= 0.6 is 12.2 Å². The molecule has 0 unspecified atom stereocenters. The van der Waals surface area contributed by atoms with Gasteiger partial charge in [0.15, 0.2) is 10.9 Å². The van der Waals surface area contributed by atoms with Crippen molar-refractivity contribution in [3.05, 3.63) is 95.7 Å². The predicted molar refractivity (Wildman–Crippen MR) is 162 cm³/mol. The largest absolute Gasteiger partial charge is 0.481 e. The van der Waals surface area contributed by atoms with Crippen molar-refractivity contribution in [2.45, 2.75) is 25.7 Å². The number of benzene rings is 1. The van der Waals surface area contributed by atoms with Crippen LogP contribution in [0.1, 0.15) is 25.7 Å². The summed E-state index contributed by atoms with van der Waals surface area (Å²) in [6, 6.07) is 12.9. The molecular formula is C31H32N4O6S. The number of nitrogens with zero attached hydrogens (tertiary/aromatic N) is 4. The van der Waals surface area contributed by atoms with Crippen molar-refractivity contribution in [1.82, 2.24) is 9.88 Å². The molecule has 1 saturated heterocycles. The van der Waals surface area contributed by atoms with Crippen molar-refractivity contribution in [2.24, 2.45) is 0 Å². The highest BCUT2D eigenvalue weighted by molar-refractivity contribution is 7.80. The number of hydrogen-bond donors (Lipinski definition) is 2. The van der Waals surface area contributed by atoms with E-state index in [4.69, 9.17) is 26.8 Å². The third kappa shape index (κ3) is 6.59. The maximum atomic E-state index is 13.6. The number of anilines is 2. The third-order valence-corrected chi connectivity index (χ3v) is 7.36. The summed E-state index contributed by atoms with van der Waals surface area (Å²) in [5.41, 5.74) is 3.33. The molecule has 11 heteroatoms. The molecule has 1 amide bonds. The zero-order valence-electron chi connectivity index (χ0n) is 23.0. The van der Waals surface area contributed by atoms with Crippen LogP contribution in [0.15, 0.2) is 95.7 Å². The van der Waals surface area contributed by atoms with Crippen LogP contribution in [0.4, 0.5) is 11.5 Å². The molecule has 5 rings (SSSR count). The highest BCUT2D eigenvalue weighted by Gasteiger charge is 2.39. The highest BCUT2D eigenvalue weighted by atomic mass is 32.1. The first kappa shape index (κ1) is 29.2. The number of aliphatic carboxylic acids is 1.